The molecule has 6 nitrogen and oxygen atoms in total. The zero-order valence-electron chi connectivity index (χ0n) is 8.52. The molecule has 2 N–H and O–H groups in total. The lowest BCUT2D eigenvalue weighted by Gasteiger charge is -1.98. The molecule has 0 bridgehead atoms. The minimum absolute atomic E-state index is 0.0783. The summed E-state index contributed by atoms with van der Waals surface area (Å²) in [6, 6.07) is 1.88. The van der Waals surface area contributed by atoms with Gasteiger partial charge in [0.05, 0.1) is 11.1 Å². The first kappa shape index (κ1) is 9.40. The molecule has 0 aliphatic heterocycles. The van der Waals surface area contributed by atoms with Crippen molar-refractivity contribution in [2.24, 2.45) is 0 Å². The summed E-state index contributed by atoms with van der Waals surface area (Å²) in [6.07, 6.45) is 0. The molecule has 0 atom stereocenters. The Kier molecular flexibility index (Phi) is 2.01. The number of hydrogen-bond acceptors (Lipinski definition) is 5. The highest BCUT2D eigenvalue weighted by atomic mass is 15.3. The van der Waals surface area contributed by atoms with Crippen LogP contribution in [0.5, 0.6) is 0 Å². The topological polar surface area (TPSA) is 93.4 Å². The molecule has 2 heterocycles. The van der Waals surface area contributed by atoms with Crippen LogP contribution in [-0.4, -0.2) is 19.7 Å². The first-order chi connectivity index (χ1) is 7.17. The highest BCUT2D eigenvalue weighted by molar-refractivity contribution is 5.88. The molecule has 0 fully saturated rings. The van der Waals surface area contributed by atoms with Crippen molar-refractivity contribution < 1.29 is 0 Å². The van der Waals surface area contributed by atoms with Crippen LogP contribution in [0.15, 0.2) is 0 Å². The third-order valence-corrected chi connectivity index (χ3v) is 2.19. The SMILES string of the molecule is CCn1nc(C)c2c(N)nc(C#N)nc21. The molecule has 2 rings (SSSR count). The number of anilines is 1. The van der Waals surface area contributed by atoms with E-state index in [1.165, 1.54) is 0 Å². The van der Waals surface area contributed by atoms with Gasteiger partial charge in [-0.1, -0.05) is 0 Å². The van der Waals surface area contributed by atoms with Gasteiger partial charge in [-0.15, -0.1) is 0 Å². The van der Waals surface area contributed by atoms with Gasteiger partial charge in [-0.05, 0) is 13.8 Å². The van der Waals surface area contributed by atoms with Crippen LogP contribution in [0.2, 0.25) is 0 Å². The minimum atomic E-state index is 0.0783. The molecule has 0 radical (unpaired) electrons. The van der Waals surface area contributed by atoms with Gasteiger partial charge >= 0.3 is 0 Å². The van der Waals surface area contributed by atoms with Crippen molar-refractivity contribution in [2.75, 3.05) is 5.73 Å². The number of rotatable bonds is 1. The van der Waals surface area contributed by atoms with Gasteiger partial charge in [0.2, 0.25) is 5.82 Å². The fourth-order valence-corrected chi connectivity index (χ4v) is 1.55. The zero-order chi connectivity index (χ0) is 11.0. The summed E-state index contributed by atoms with van der Waals surface area (Å²) in [6.45, 7) is 4.49. The maximum atomic E-state index is 8.73. The summed E-state index contributed by atoms with van der Waals surface area (Å²) in [5.41, 5.74) is 7.16. The van der Waals surface area contributed by atoms with Gasteiger partial charge in [0.25, 0.3) is 0 Å². The standard InChI is InChI=1S/C9H10N6/c1-3-15-9-7(5(2)14-15)8(11)12-6(4-10)13-9/h3H2,1-2H3,(H2,11,12,13). The molecule has 0 aliphatic carbocycles. The molecule has 0 unspecified atom stereocenters. The van der Waals surface area contributed by atoms with Crippen LogP contribution in [0.25, 0.3) is 11.0 Å². The van der Waals surface area contributed by atoms with E-state index in [4.69, 9.17) is 11.0 Å². The van der Waals surface area contributed by atoms with Crippen molar-refractivity contribution in [2.45, 2.75) is 20.4 Å². The van der Waals surface area contributed by atoms with Crippen molar-refractivity contribution in [3.8, 4) is 6.07 Å². The predicted octanol–water partition coefficient (Wildman–Crippen LogP) is 0.609. The summed E-state index contributed by atoms with van der Waals surface area (Å²) in [5, 5.41) is 13.7. The van der Waals surface area contributed by atoms with E-state index in [1.54, 1.807) is 4.68 Å². The zero-order valence-corrected chi connectivity index (χ0v) is 8.52. The molecule has 0 aliphatic rings. The Balaban J connectivity index is 2.89. The largest absolute Gasteiger partial charge is 0.383 e. The van der Waals surface area contributed by atoms with Crippen LogP contribution in [-0.2, 0) is 6.54 Å². The smallest absolute Gasteiger partial charge is 0.236 e. The number of fused-ring (bicyclic) bond motifs is 1. The predicted molar refractivity (Wildman–Crippen MR) is 54.9 cm³/mol. The fourth-order valence-electron chi connectivity index (χ4n) is 1.55. The van der Waals surface area contributed by atoms with E-state index in [0.717, 1.165) is 11.1 Å². The lowest BCUT2D eigenvalue weighted by molar-refractivity contribution is 0.669. The highest BCUT2D eigenvalue weighted by Gasteiger charge is 2.13. The van der Waals surface area contributed by atoms with Crippen LogP contribution in [0.4, 0.5) is 5.82 Å². The van der Waals surface area contributed by atoms with Crippen LogP contribution in [0.1, 0.15) is 18.4 Å². The second kappa shape index (κ2) is 3.20. The van der Waals surface area contributed by atoms with Gasteiger partial charge in [-0.3, -0.25) is 0 Å². The molecule has 15 heavy (non-hydrogen) atoms. The minimum Gasteiger partial charge on any atom is -0.383 e. The molecular formula is C9H10N6. The average molecular weight is 202 g/mol. The van der Waals surface area contributed by atoms with Crippen LogP contribution >= 0.6 is 0 Å². The molecule has 0 saturated heterocycles. The van der Waals surface area contributed by atoms with E-state index in [1.807, 2.05) is 19.9 Å². The number of hydrogen-bond donors (Lipinski definition) is 1. The quantitative estimate of drug-likeness (QED) is 0.731. The van der Waals surface area contributed by atoms with Crippen molar-refractivity contribution in [1.82, 2.24) is 19.7 Å². The molecule has 0 spiro atoms. The van der Waals surface area contributed by atoms with E-state index in [0.29, 0.717) is 18.0 Å². The van der Waals surface area contributed by atoms with E-state index in [9.17, 15) is 0 Å². The summed E-state index contributed by atoms with van der Waals surface area (Å²) in [5.74, 6) is 0.392. The van der Waals surface area contributed by atoms with E-state index in [2.05, 4.69) is 15.1 Å². The molecule has 0 saturated carbocycles. The molecule has 0 aromatic carbocycles. The Hall–Kier alpha value is -2.16. The molecule has 2 aromatic rings. The number of aromatic nitrogens is 4. The number of nitrogen functional groups attached to an aromatic ring is 1. The van der Waals surface area contributed by atoms with Gasteiger partial charge in [0.1, 0.15) is 11.9 Å². The van der Waals surface area contributed by atoms with E-state index >= 15 is 0 Å². The number of nitrogens with two attached hydrogens (primary N) is 1. The van der Waals surface area contributed by atoms with Gasteiger partial charge in [0.15, 0.2) is 5.65 Å². The van der Waals surface area contributed by atoms with Gasteiger partial charge in [-0.25, -0.2) is 9.67 Å². The molecular weight excluding hydrogens is 192 g/mol. The fraction of sp³-hybridized carbons (Fsp3) is 0.333. The highest BCUT2D eigenvalue weighted by Crippen LogP contribution is 2.21. The second-order valence-electron chi connectivity index (χ2n) is 3.14. The molecule has 6 heteroatoms. The first-order valence-electron chi connectivity index (χ1n) is 4.58. The third-order valence-electron chi connectivity index (χ3n) is 2.19. The summed E-state index contributed by atoms with van der Waals surface area (Å²) < 4.78 is 1.71. The Morgan fingerprint density at radius 3 is 2.80 bits per heavy atom. The Bertz CT molecular complexity index is 562. The van der Waals surface area contributed by atoms with E-state index < -0.39 is 0 Å². The normalized spacial score (nSPS) is 10.5. The van der Waals surface area contributed by atoms with Crippen LogP contribution in [0.3, 0.4) is 0 Å². The number of nitriles is 1. The summed E-state index contributed by atoms with van der Waals surface area (Å²) in [7, 11) is 0. The maximum absolute atomic E-state index is 8.73. The van der Waals surface area contributed by atoms with Crippen molar-refractivity contribution >= 4 is 16.9 Å². The van der Waals surface area contributed by atoms with Crippen LogP contribution in [0, 0.1) is 18.3 Å². The van der Waals surface area contributed by atoms with E-state index in [-0.39, 0.29) is 5.82 Å². The molecule has 0 amide bonds. The Labute approximate surface area is 86.4 Å². The second-order valence-corrected chi connectivity index (χ2v) is 3.14. The summed E-state index contributed by atoms with van der Waals surface area (Å²) in [4.78, 5) is 7.97. The first-order valence-corrected chi connectivity index (χ1v) is 4.58. The van der Waals surface area contributed by atoms with Crippen LogP contribution < -0.4 is 5.73 Å². The van der Waals surface area contributed by atoms with Crippen molar-refractivity contribution in [1.29, 1.82) is 5.26 Å². The third kappa shape index (κ3) is 1.29. The molecule has 76 valence electrons. The Morgan fingerprint density at radius 2 is 2.20 bits per heavy atom. The maximum Gasteiger partial charge on any atom is 0.236 e. The van der Waals surface area contributed by atoms with Gasteiger partial charge in [0, 0.05) is 6.54 Å². The molecule has 2 aromatic heterocycles. The monoisotopic (exact) mass is 202 g/mol. The lowest BCUT2D eigenvalue weighted by Crippen LogP contribution is -2.01. The van der Waals surface area contributed by atoms with Crippen molar-refractivity contribution in [3.63, 3.8) is 0 Å². The number of nitrogens with zero attached hydrogens (tertiary/aromatic N) is 5. The number of aryl methyl sites for hydroxylation is 2. The van der Waals surface area contributed by atoms with Gasteiger partial charge < -0.3 is 5.73 Å². The summed E-state index contributed by atoms with van der Waals surface area (Å²) >= 11 is 0. The van der Waals surface area contributed by atoms with Crippen molar-refractivity contribution in [3.05, 3.63) is 11.5 Å². The average Bonchev–Trinajstić information content (AvgIpc) is 2.55. The Morgan fingerprint density at radius 1 is 1.47 bits per heavy atom. The van der Waals surface area contributed by atoms with Gasteiger partial charge in [-0.2, -0.15) is 15.3 Å². The lowest BCUT2D eigenvalue weighted by atomic mass is 10.3.